The van der Waals surface area contributed by atoms with Crippen LogP contribution in [-0.2, 0) is 14.4 Å². The van der Waals surface area contributed by atoms with E-state index in [1.165, 1.54) is 18.2 Å². The van der Waals surface area contributed by atoms with Crippen LogP contribution < -0.4 is 25.0 Å². The van der Waals surface area contributed by atoms with Crippen LogP contribution in [0.1, 0.15) is 29.2 Å². The number of anilines is 2. The van der Waals surface area contributed by atoms with Gasteiger partial charge >= 0.3 is 6.03 Å². The van der Waals surface area contributed by atoms with Crippen LogP contribution in [0.15, 0.2) is 54.1 Å². The van der Waals surface area contributed by atoms with Crippen molar-refractivity contribution in [3.63, 3.8) is 0 Å². The first kappa shape index (κ1) is 29.6. The smallest absolute Gasteiger partial charge is 0.335 e. The number of aryl methyl sites for hydroxylation is 2. The Morgan fingerprint density at radius 1 is 1.00 bits per heavy atom. The highest BCUT2D eigenvalue weighted by atomic mass is 35.5. The Bertz CT molecular complexity index is 1600. The van der Waals surface area contributed by atoms with E-state index in [0.717, 1.165) is 16.0 Å². The molecule has 0 bridgehead atoms. The molecule has 1 fully saturated rings. The van der Waals surface area contributed by atoms with E-state index in [-0.39, 0.29) is 41.0 Å². The molecule has 1 aliphatic rings. The van der Waals surface area contributed by atoms with Crippen molar-refractivity contribution in [2.45, 2.75) is 27.7 Å². The minimum Gasteiger partial charge on any atom is -0.490 e. The van der Waals surface area contributed by atoms with Crippen molar-refractivity contribution in [3.8, 4) is 11.5 Å². The third kappa shape index (κ3) is 6.53. The molecular weight excluding hydrogens is 569 g/mol. The van der Waals surface area contributed by atoms with Gasteiger partial charge in [-0.25, -0.2) is 9.69 Å². The van der Waals surface area contributed by atoms with Crippen molar-refractivity contribution >= 4 is 64.4 Å². The van der Waals surface area contributed by atoms with Crippen LogP contribution in [0, 0.1) is 20.8 Å². The Morgan fingerprint density at radius 2 is 1.76 bits per heavy atom. The van der Waals surface area contributed by atoms with Crippen LogP contribution in [0.4, 0.5) is 16.2 Å². The molecule has 3 aromatic rings. The first-order valence-corrected chi connectivity index (χ1v) is 13.4. The van der Waals surface area contributed by atoms with Crippen LogP contribution in [-0.4, -0.2) is 37.0 Å². The standard InChI is InChI=1S/C30H27Cl2N3O6/c1-5-40-25-14-19(13-22(32)27(25)41-15-26(36)33-23-10-9-16(2)11-17(23)3)12-20-28(37)34-30(39)35(29(20)38)24-8-6-7-21(31)18(24)4/h6-14H,5,15H2,1-4H3,(H,33,36)(H,34,37,39)/b20-12-. The number of hydrogen-bond acceptors (Lipinski definition) is 6. The molecule has 1 aliphatic heterocycles. The number of nitrogens with zero attached hydrogens (tertiary/aromatic N) is 1. The van der Waals surface area contributed by atoms with Crippen molar-refractivity contribution in [2.24, 2.45) is 0 Å². The molecule has 0 radical (unpaired) electrons. The lowest BCUT2D eigenvalue weighted by Crippen LogP contribution is -2.54. The number of carbonyl (C=O) groups excluding carboxylic acids is 4. The quantitative estimate of drug-likeness (QED) is 0.244. The summed E-state index contributed by atoms with van der Waals surface area (Å²) in [5.41, 5.74) is 3.43. The molecule has 212 valence electrons. The molecule has 0 aromatic heterocycles. The number of halogens is 2. The summed E-state index contributed by atoms with van der Waals surface area (Å²) in [7, 11) is 0. The number of hydrogen-bond donors (Lipinski definition) is 2. The van der Waals surface area contributed by atoms with E-state index in [4.69, 9.17) is 32.7 Å². The average Bonchev–Trinajstić information content (AvgIpc) is 2.90. The van der Waals surface area contributed by atoms with E-state index in [1.54, 1.807) is 32.0 Å². The Morgan fingerprint density at radius 3 is 2.46 bits per heavy atom. The van der Waals surface area contributed by atoms with Crippen molar-refractivity contribution in [3.05, 3.63) is 86.4 Å². The number of amides is 5. The molecule has 0 aliphatic carbocycles. The maximum atomic E-state index is 13.3. The van der Waals surface area contributed by atoms with Crippen LogP contribution in [0.3, 0.4) is 0 Å². The summed E-state index contributed by atoms with van der Waals surface area (Å²) >= 11 is 12.7. The molecule has 2 N–H and O–H groups in total. The predicted octanol–water partition coefficient (Wildman–Crippen LogP) is 6.00. The van der Waals surface area contributed by atoms with Gasteiger partial charge in [0.1, 0.15) is 5.57 Å². The summed E-state index contributed by atoms with van der Waals surface area (Å²) < 4.78 is 11.4. The van der Waals surface area contributed by atoms with Gasteiger partial charge < -0.3 is 14.8 Å². The summed E-state index contributed by atoms with van der Waals surface area (Å²) in [5, 5.41) is 5.43. The lowest BCUT2D eigenvalue weighted by atomic mass is 10.1. The van der Waals surface area contributed by atoms with Crippen molar-refractivity contribution in [1.29, 1.82) is 0 Å². The fraction of sp³-hybridized carbons (Fsp3) is 0.200. The largest absolute Gasteiger partial charge is 0.490 e. The normalized spacial score (nSPS) is 14.2. The average molecular weight is 596 g/mol. The SMILES string of the molecule is CCOc1cc(/C=C2/C(=O)NC(=O)N(c3cccc(Cl)c3C)C2=O)cc(Cl)c1OCC(=O)Nc1ccc(C)cc1C. The Hall–Kier alpha value is -4.34. The monoisotopic (exact) mass is 595 g/mol. The first-order chi connectivity index (χ1) is 19.5. The third-order valence-electron chi connectivity index (χ3n) is 6.23. The van der Waals surface area contributed by atoms with Gasteiger partial charge in [-0.15, -0.1) is 0 Å². The summed E-state index contributed by atoms with van der Waals surface area (Å²) in [6.07, 6.45) is 1.29. The zero-order valence-corrected chi connectivity index (χ0v) is 24.3. The fourth-order valence-corrected chi connectivity index (χ4v) is 4.68. The number of ether oxygens (including phenoxy) is 2. The van der Waals surface area contributed by atoms with Gasteiger partial charge in [0.2, 0.25) is 0 Å². The number of benzene rings is 3. The molecule has 0 saturated carbocycles. The highest BCUT2D eigenvalue weighted by Crippen LogP contribution is 2.38. The second-order valence-electron chi connectivity index (χ2n) is 9.26. The van der Waals surface area contributed by atoms with Gasteiger partial charge in [-0.1, -0.05) is 47.0 Å². The Kier molecular flexibility index (Phi) is 9.00. The van der Waals surface area contributed by atoms with Crippen LogP contribution >= 0.6 is 23.2 Å². The number of urea groups is 1. The summed E-state index contributed by atoms with van der Waals surface area (Å²) in [4.78, 5) is 52.0. The highest BCUT2D eigenvalue weighted by Gasteiger charge is 2.37. The molecule has 0 spiro atoms. The lowest BCUT2D eigenvalue weighted by molar-refractivity contribution is -0.122. The van der Waals surface area contributed by atoms with Crippen molar-refractivity contribution < 1.29 is 28.7 Å². The minimum atomic E-state index is -0.890. The molecular formula is C30H27Cl2N3O6. The van der Waals surface area contributed by atoms with Gasteiger partial charge in [-0.2, -0.15) is 0 Å². The molecule has 1 saturated heterocycles. The first-order valence-electron chi connectivity index (χ1n) is 12.6. The molecule has 0 atom stereocenters. The third-order valence-corrected chi connectivity index (χ3v) is 6.92. The molecule has 4 rings (SSSR count). The molecule has 41 heavy (non-hydrogen) atoms. The van der Waals surface area contributed by atoms with Gasteiger partial charge in [0, 0.05) is 10.7 Å². The van der Waals surface area contributed by atoms with E-state index in [9.17, 15) is 19.2 Å². The van der Waals surface area contributed by atoms with E-state index < -0.39 is 23.8 Å². The molecule has 5 amide bonds. The second kappa shape index (κ2) is 12.4. The molecule has 11 heteroatoms. The van der Waals surface area contributed by atoms with Crippen LogP contribution in [0.5, 0.6) is 11.5 Å². The Labute approximate surface area is 247 Å². The minimum absolute atomic E-state index is 0.0874. The predicted molar refractivity (Wildman–Crippen MR) is 158 cm³/mol. The van der Waals surface area contributed by atoms with Crippen LogP contribution in [0.25, 0.3) is 6.08 Å². The number of rotatable bonds is 8. The number of nitrogens with one attached hydrogen (secondary N) is 2. The number of barbiturate groups is 1. The fourth-order valence-electron chi connectivity index (χ4n) is 4.23. The van der Waals surface area contributed by atoms with Crippen molar-refractivity contribution in [1.82, 2.24) is 5.32 Å². The van der Waals surface area contributed by atoms with E-state index in [0.29, 0.717) is 21.8 Å². The second-order valence-corrected chi connectivity index (χ2v) is 10.1. The molecule has 1 heterocycles. The molecule has 0 unspecified atom stereocenters. The number of imide groups is 2. The maximum Gasteiger partial charge on any atom is 0.335 e. The molecule has 3 aromatic carbocycles. The van der Waals surface area contributed by atoms with Crippen LogP contribution in [0.2, 0.25) is 10.0 Å². The summed E-state index contributed by atoms with van der Waals surface area (Å²) in [6, 6.07) is 12.5. The van der Waals surface area contributed by atoms with Crippen molar-refractivity contribution in [2.75, 3.05) is 23.4 Å². The van der Waals surface area contributed by atoms with E-state index >= 15 is 0 Å². The van der Waals surface area contributed by atoms with Gasteiger partial charge in [0.05, 0.1) is 17.3 Å². The van der Waals surface area contributed by atoms with Gasteiger partial charge in [0.25, 0.3) is 17.7 Å². The Balaban J connectivity index is 1.60. The van der Waals surface area contributed by atoms with E-state index in [1.807, 2.05) is 32.0 Å². The van der Waals surface area contributed by atoms with Gasteiger partial charge in [0.15, 0.2) is 18.1 Å². The summed E-state index contributed by atoms with van der Waals surface area (Å²) in [5.74, 6) is -1.77. The molecule has 9 nitrogen and oxygen atoms in total. The lowest BCUT2D eigenvalue weighted by Gasteiger charge is -2.27. The number of carbonyl (C=O) groups is 4. The van der Waals surface area contributed by atoms with Gasteiger partial charge in [-0.05, 0) is 80.8 Å². The topological polar surface area (TPSA) is 114 Å². The highest BCUT2D eigenvalue weighted by molar-refractivity contribution is 6.40. The summed E-state index contributed by atoms with van der Waals surface area (Å²) in [6.45, 7) is 7.17. The zero-order chi connectivity index (χ0) is 29.8. The van der Waals surface area contributed by atoms with E-state index in [2.05, 4.69) is 10.6 Å². The maximum absolute atomic E-state index is 13.3. The van der Waals surface area contributed by atoms with Gasteiger partial charge in [-0.3, -0.25) is 19.7 Å². The zero-order valence-electron chi connectivity index (χ0n) is 22.8.